The van der Waals surface area contributed by atoms with Crippen molar-refractivity contribution in [3.63, 3.8) is 0 Å². The molecule has 0 bridgehead atoms. The maximum Gasteiger partial charge on any atom is 0.0149 e. The normalized spacial score (nSPS) is 10.4. The van der Waals surface area contributed by atoms with Gasteiger partial charge in [0.2, 0.25) is 0 Å². The van der Waals surface area contributed by atoms with Crippen molar-refractivity contribution >= 4 is 0 Å². The molecular weight excluding hydrogens is 134 g/mol. The molecule has 0 unspecified atom stereocenters. The molecule has 0 aromatic carbocycles. The first-order chi connectivity index (χ1) is 5.36. The van der Waals surface area contributed by atoms with E-state index in [1.54, 1.807) is 0 Å². The second-order valence-corrected chi connectivity index (χ2v) is 3.01. The molecule has 0 aliphatic carbocycles. The molecule has 1 heterocycles. The van der Waals surface area contributed by atoms with Crippen LogP contribution in [-0.4, -0.2) is 4.98 Å². The van der Waals surface area contributed by atoms with Crippen LogP contribution in [0.2, 0.25) is 0 Å². The average molecular weight is 151 g/mol. The van der Waals surface area contributed by atoms with Gasteiger partial charge in [0.05, 0.1) is 0 Å². The lowest BCUT2D eigenvalue weighted by atomic mass is 10.2. The summed E-state index contributed by atoms with van der Waals surface area (Å²) in [5.41, 5.74) is 2.77. The Labute approximate surface area is 68.8 Å². The van der Waals surface area contributed by atoms with Crippen LogP contribution in [0.3, 0.4) is 0 Å². The highest BCUT2D eigenvalue weighted by atomic mass is 14.7. The topological polar surface area (TPSA) is 15.8 Å². The van der Waals surface area contributed by atoms with Crippen LogP contribution in [0.15, 0.2) is 12.1 Å². The minimum Gasteiger partial charge on any atom is -0.362 e. The first-order valence-corrected chi connectivity index (χ1v) is 4.53. The highest BCUT2D eigenvalue weighted by Gasteiger charge is 1.95. The standard InChI is InChI=1S/C10H17N/c1-3-5-9-7-8-10(11-9)6-4-2/h7-8,11H,3-6H2,1-2H3. The lowest BCUT2D eigenvalue weighted by Gasteiger charge is -1.93. The second-order valence-electron chi connectivity index (χ2n) is 3.01. The predicted octanol–water partition coefficient (Wildman–Crippen LogP) is 2.92. The highest BCUT2D eigenvalue weighted by molar-refractivity contribution is 5.13. The van der Waals surface area contributed by atoms with Gasteiger partial charge >= 0.3 is 0 Å². The summed E-state index contributed by atoms with van der Waals surface area (Å²) >= 11 is 0. The first-order valence-electron chi connectivity index (χ1n) is 4.53. The Morgan fingerprint density at radius 3 is 1.82 bits per heavy atom. The van der Waals surface area contributed by atoms with E-state index in [0.717, 1.165) is 0 Å². The van der Waals surface area contributed by atoms with Gasteiger partial charge in [0.25, 0.3) is 0 Å². The van der Waals surface area contributed by atoms with E-state index in [2.05, 4.69) is 31.0 Å². The van der Waals surface area contributed by atoms with Gasteiger partial charge in [-0.05, 0) is 25.0 Å². The third kappa shape index (κ3) is 2.41. The van der Waals surface area contributed by atoms with Gasteiger partial charge in [-0.3, -0.25) is 0 Å². The summed E-state index contributed by atoms with van der Waals surface area (Å²) in [6, 6.07) is 4.41. The van der Waals surface area contributed by atoms with Crippen molar-refractivity contribution in [1.29, 1.82) is 0 Å². The zero-order valence-electron chi connectivity index (χ0n) is 7.48. The largest absolute Gasteiger partial charge is 0.362 e. The van der Waals surface area contributed by atoms with Gasteiger partial charge in [-0.15, -0.1) is 0 Å². The zero-order chi connectivity index (χ0) is 8.10. The molecule has 0 spiro atoms. The lowest BCUT2D eigenvalue weighted by Crippen LogP contribution is -1.85. The van der Waals surface area contributed by atoms with Gasteiger partial charge in [-0.25, -0.2) is 0 Å². The molecule has 1 aromatic heterocycles. The van der Waals surface area contributed by atoms with Crippen LogP contribution in [0, 0.1) is 0 Å². The number of H-pyrrole nitrogens is 1. The van der Waals surface area contributed by atoms with Crippen LogP contribution in [-0.2, 0) is 12.8 Å². The van der Waals surface area contributed by atoms with E-state index in [1.165, 1.54) is 37.1 Å². The van der Waals surface area contributed by atoms with Crippen LogP contribution >= 0.6 is 0 Å². The molecule has 1 aromatic rings. The maximum atomic E-state index is 3.42. The van der Waals surface area contributed by atoms with E-state index in [4.69, 9.17) is 0 Å². The maximum absolute atomic E-state index is 3.42. The van der Waals surface area contributed by atoms with Crippen molar-refractivity contribution < 1.29 is 0 Å². The molecule has 0 radical (unpaired) electrons. The van der Waals surface area contributed by atoms with E-state index < -0.39 is 0 Å². The Morgan fingerprint density at radius 2 is 1.45 bits per heavy atom. The molecule has 1 heteroatoms. The number of aryl methyl sites for hydroxylation is 2. The van der Waals surface area contributed by atoms with Crippen molar-refractivity contribution in [3.05, 3.63) is 23.5 Å². The number of nitrogens with one attached hydrogen (secondary N) is 1. The van der Waals surface area contributed by atoms with E-state index >= 15 is 0 Å². The van der Waals surface area contributed by atoms with Gasteiger partial charge in [0, 0.05) is 11.4 Å². The minimum absolute atomic E-state index is 1.18. The molecule has 11 heavy (non-hydrogen) atoms. The minimum atomic E-state index is 1.18. The summed E-state index contributed by atoms with van der Waals surface area (Å²) in [5, 5.41) is 0. The van der Waals surface area contributed by atoms with Gasteiger partial charge < -0.3 is 4.98 Å². The molecular formula is C10H17N. The summed E-state index contributed by atoms with van der Waals surface area (Å²) in [6.45, 7) is 4.42. The Balaban J connectivity index is 2.51. The van der Waals surface area contributed by atoms with Gasteiger partial charge in [-0.1, -0.05) is 26.7 Å². The number of rotatable bonds is 4. The van der Waals surface area contributed by atoms with Gasteiger partial charge in [0.15, 0.2) is 0 Å². The quantitative estimate of drug-likeness (QED) is 0.681. The molecule has 1 nitrogen and oxygen atoms in total. The Hall–Kier alpha value is -0.720. The number of aromatic amines is 1. The fourth-order valence-corrected chi connectivity index (χ4v) is 1.32. The fourth-order valence-electron chi connectivity index (χ4n) is 1.32. The molecule has 0 amide bonds. The SMILES string of the molecule is CCCc1ccc(CCC)[nH]1. The van der Waals surface area contributed by atoms with Crippen LogP contribution in [0.5, 0.6) is 0 Å². The molecule has 62 valence electrons. The Kier molecular flexibility index (Phi) is 3.21. The summed E-state index contributed by atoms with van der Waals surface area (Å²) in [6.07, 6.45) is 4.82. The van der Waals surface area contributed by atoms with E-state index in [0.29, 0.717) is 0 Å². The van der Waals surface area contributed by atoms with Crippen LogP contribution in [0.4, 0.5) is 0 Å². The summed E-state index contributed by atoms with van der Waals surface area (Å²) in [5.74, 6) is 0. The third-order valence-electron chi connectivity index (χ3n) is 1.85. The molecule has 0 fully saturated rings. The van der Waals surface area contributed by atoms with Gasteiger partial charge in [0.1, 0.15) is 0 Å². The van der Waals surface area contributed by atoms with E-state index in [1.807, 2.05) is 0 Å². The number of aromatic nitrogens is 1. The van der Waals surface area contributed by atoms with Crippen LogP contribution < -0.4 is 0 Å². The molecule has 1 N–H and O–H groups in total. The van der Waals surface area contributed by atoms with Crippen LogP contribution in [0.25, 0.3) is 0 Å². The summed E-state index contributed by atoms with van der Waals surface area (Å²) in [4.78, 5) is 3.42. The van der Waals surface area contributed by atoms with Crippen molar-refractivity contribution in [1.82, 2.24) is 4.98 Å². The monoisotopic (exact) mass is 151 g/mol. The highest BCUT2D eigenvalue weighted by Crippen LogP contribution is 2.05. The fraction of sp³-hybridized carbons (Fsp3) is 0.600. The van der Waals surface area contributed by atoms with Crippen molar-refractivity contribution in [3.8, 4) is 0 Å². The summed E-state index contributed by atoms with van der Waals surface area (Å²) < 4.78 is 0. The molecule has 0 atom stereocenters. The predicted molar refractivity (Wildman–Crippen MR) is 48.8 cm³/mol. The number of hydrogen-bond acceptors (Lipinski definition) is 0. The third-order valence-corrected chi connectivity index (χ3v) is 1.85. The molecule has 0 saturated carbocycles. The van der Waals surface area contributed by atoms with Crippen molar-refractivity contribution in [2.45, 2.75) is 39.5 Å². The summed E-state index contributed by atoms with van der Waals surface area (Å²) in [7, 11) is 0. The van der Waals surface area contributed by atoms with E-state index in [-0.39, 0.29) is 0 Å². The lowest BCUT2D eigenvalue weighted by molar-refractivity contribution is 0.852. The smallest absolute Gasteiger partial charge is 0.0149 e. The first kappa shape index (κ1) is 8.38. The van der Waals surface area contributed by atoms with E-state index in [9.17, 15) is 0 Å². The van der Waals surface area contributed by atoms with Gasteiger partial charge in [-0.2, -0.15) is 0 Å². The second kappa shape index (κ2) is 4.22. The van der Waals surface area contributed by atoms with Crippen LogP contribution in [0.1, 0.15) is 38.1 Å². The van der Waals surface area contributed by atoms with Crippen molar-refractivity contribution in [2.75, 3.05) is 0 Å². The molecule has 0 aliphatic heterocycles. The Bertz CT molecular complexity index is 180. The molecule has 0 aliphatic rings. The zero-order valence-corrected chi connectivity index (χ0v) is 7.48. The van der Waals surface area contributed by atoms with Crippen molar-refractivity contribution in [2.24, 2.45) is 0 Å². The average Bonchev–Trinajstić information content (AvgIpc) is 2.38. The number of hydrogen-bond donors (Lipinski definition) is 1. The Morgan fingerprint density at radius 1 is 1.00 bits per heavy atom. The molecule has 0 saturated heterocycles. The molecule has 1 rings (SSSR count).